The fourth-order valence-electron chi connectivity index (χ4n) is 2.59. The van der Waals surface area contributed by atoms with Crippen molar-refractivity contribution < 1.29 is 14.0 Å². The van der Waals surface area contributed by atoms with Crippen molar-refractivity contribution in [2.24, 2.45) is 0 Å². The Morgan fingerprint density at radius 2 is 1.71 bits per heavy atom. The van der Waals surface area contributed by atoms with E-state index >= 15 is 0 Å². The van der Waals surface area contributed by atoms with Crippen molar-refractivity contribution in [1.82, 2.24) is 9.78 Å². The number of ether oxygens (including phenoxy) is 1. The molecular formula is C15H27BN2O3. The Labute approximate surface area is 128 Å². The molecule has 6 heteroatoms. The summed E-state index contributed by atoms with van der Waals surface area (Å²) >= 11 is 0. The molecule has 21 heavy (non-hydrogen) atoms. The Morgan fingerprint density at radius 1 is 1.14 bits per heavy atom. The van der Waals surface area contributed by atoms with Gasteiger partial charge in [-0.05, 0) is 48.0 Å². The van der Waals surface area contributed by atoms with Crippen LogP contribution in [0, 0.1) is 13.8 Å². The average molecular weight is 294 g/mol. The van der Waals surface area contributed by atoms with Crippen LogP contribution in [-0.4, -0.2) is 41.8 Å². The molecule has 0 aliphatic carbocycles. The maximum atomic E-state index is 6.15. The third-order valence-electron chi connectivity index (χ3n) is 4.64. The van der Waals surface area contributed by atoms with E-state index in [9.17, 15) is 0 Å². The summed E-state index contributed by atoms with van der Waals surface area (Å²) in [5.41, 5.74) is 2.50. The quantitative estimate of drug-likeness (QED) is 0.614. The van der Waals surface area contributed by atoms with E-state index in [4.69, 9.17) is 14.0 Å². The Bertz CT molecular complexity index is 495. The highest BCUT2D eigenvalue weighted by Gasteiger charge is 2.53. The van der Waals surface area contributed by atoms with Gasteiger partial charge in [-0.1, -0.05) is 0 Å². The van der Waals surface area contributed by atoms with E-state index in [1.807, 2.05) is 11.6 Å². The van der Waals surface area contributed by atoms with Crippen molar-refractivity contribution in [3.05, 3.63) is 11.4 Å². The van der Waals surface area contributed by atoms with Crippen molar-refractivity contribution in [1.29, 1.82) is 0 Å². The molecule has 1 saturated heterocycles. The van der Waals surface area contributed by atoms with Crippen LogP contribution < -0.4 is 5.46 Å². The molecule has 0 saturated carbocycles. The van der Waals surface area contributed by atoms with E-state index in [-0.39, 0.29) is 18.3 Å². The molecule has 0 atom stereocenters. The number of methoxy groups -OCH3 is 1. The van der Waals surface area contributed by atoms with Crippen LogP contribution in [0.25, 0.3) is 0 Å². The smallest absolute Gasteiger partial charge is 0.399 e. The first kappa shape index (κ1) is 16.5. The summed E-state index contributed by atoms with van der Waals surface area (Å²) in [7, 11) is 1.38. The molecule has 1 aliphatic rings. The fraction of sp³-hybridized carbons (Fsp3) is 0.800. The van der Waals surface area contributed by atoms with Crippen LogP contribution >= 0.6 is 0 Å². The van der Waals surface area contributed by atoms with Crippen LogP contribution in [-0.2, 0) is 20.6 Å². The molecule has 0 spiro atoms. The maximum Gasteiger partial charge on any atom is 0.498 e. The van der Waals surface area contributed by atoms with Gasteiger partial charge < -0.3 is 14.0 Å². The van der Waals surface area contributed by atoms with Gasteiger partial charge in [-0.15, -0.1) is 0 Å². The Morgan fingerprint density at radius 3 is 2.24 bits per heavy atom. The Hall–Kier alpha value is -0.845. The van der Waals surface area contributed by atoms with Gasteiger partial charge >= 0.3 is 7.12 Å². The van der Waals surface area contributed by atoms with Crippen LogP contribution in [0.3, 0.4) is 0 Å². The highest BCUT2D eigenvalue weighted by Crippen LogP contribution is 2.36. The number of aromatic nitrogens is 2. The first-order valence-electron chi connectivity index (χ1n) is 7.58. The predicted molar refractivity (Wildman–Crippen MR) is 83.9 cm³/mol. The second-order valence-corrected chi connectivity index (χ2v) is 6.74. The number of aryl methyl sites for hydroxylation is 2. The summed E-state index contributed by atoms with van der Waals surface area (Å²) in [6.07, 6.45) is 0.946. The fourth-order valence-corrected chi connectivity index (χ4v) is 2.59. The molecule has 2 rings (SSSR count). The standard InChI is InChI=1S/C15H27BN2O3/c1-11-13(12(2)18(17-11)9-8-10-19-7)16-20-14(3,4)15(5,6)21-16/h8-10H2,1-7H3. The lowest BCUT2D eigenvalue weighted by atomic mass is 9.77. The van der Waals surface area contributed by atoms with E-state index < -0.39 is 0 Å². The van der Waals surface area contributed by atoms with E-state index in [0.717, 1.165) is 36.4 Å². The van der Waals surface area contributed by atoms with Crippen LogP contribution in [0.15, 0.2) is 0 Å². The Balaban J connectivity index is 2.22. The zero-order chi connectivity index (χ0) is 15.8. The zero-order valence-electron chi connectivity index (χ0n) is 14.3. The monoisotopic (exact) mass is 294 g/mol. The molecule has 1 aromatic heterocycles. The van der Waals surface area contributed by atoms with Crippen LogP contribution in [0.4, 0.5) is 0 Å². The van der Waals surface area contributed by atoms with Gasteiger partial charge in [0, 0.05) is 31.4 Å². The summed E-state index contributed by atoms with van der Waals surface area (Å²) in [5, 5.41) is 4.62. The largest absolute Gasteiger partial charge is 0.498 e. The molecule has 0 N–H and O–H groups in total. The summed E-state index contributed by atoms with van der Waals surface area (Å²) in [5.74, 6) is 0. The van der Waals surface area contributed by atoms with Gasteiger partial charge in [0.25, 0.3) is 0 Å². The van der Waals surface area contributed by atoms with Gasteiger partial charge in [0.1, 0.15) is 0 Å². The van der Waals surface area contributed by atoms with Gasteiger partial charge in [-0.2, -0.15) is 5.10 Å². The van der Waals surface area contributed by atoms with Gasteiger partial charge in [-0.3, -0.25) is 4.68 Å². The number of nitrogens with zero attached hydrogens (tertiary/aromatic N) is 2. The number of hydrogen-bond donors (Lipinski definition) is 0. The molecule has 2 heterocycles. The van der Waals surface area contributed by atoms with E-state index in [2.05, 4.69) is 39.7 Å². The third kappa shape index (κ3) is 3.03. The maximum absolute atomic E-state index is 6.15. The Kier molecular flexibility index (Phi) is 4.52. The molecule has 5 nitrogen and oxygen atoms in total. The predicted octanol–water partition coefficient (Wildman–Crippen LogP) is 1.84. The van der Waals surface area contributed by atoms with Crippen molar-refractivity contribution in [2.75, 3.05) is 13.7 Å². The van der Waals surface area contributed by atoms with Crippen LogP contribution in [0.5, 0.6) is 0 Å². The van der Waals surface area contributed by atoms with E-state index in [1.165, 1.54) is 0 Å². The van der Waals surface area contributed by atoms with Crippen molar-refractivity contribution in [2.45, 2.75) is 65.7 Å². The molecule has 0 bridgehead atoms. The normalized spacial score (nSPS) is 20.2. The molecule has 0 radical (unpaired) electrons. The summed E-state index contributed by atoms with van der Waals surface area (Å²) < 4.78 is 19.4. The average Bonchev–Trinajstić information content (AvgIpc) is 2.74. The molecule has 118 valence electrons. The van der Waals surface area contributed by atoms with Crippen LogP contribution in [0.1, 0.15) is 45.5 Å². The number of rotatable bonds is 5. The van der Waals surface area contributed by atoms with Crippen molar-refractivity contribution >= 4 is 12.6 Å². The first-order valence-corrected chi connectivity index (χ1v) is 7.58. The van der Waals surface area contributed by atoms with E-state index in [0.29, 0.717) is 0 Å². The molecule has 1 aromatic rings. The second-order valence-electron chi connectivity index (χ2n) is 6.74. The first-order chi connectivity index (χ1) is 9.69. The van der Waals surface area contributed by atoms with Gasteiger partial charge in [0.15, 0.2) is 0 Å². The lowest BCUT2D eigenvalue weighted by molar-refractivity contribution is 0.00578. The highest BCUT2D eigenvalue weighted by molar-refractivity contribution is 6.63. The third-order valence-corrected chi connectivity index (χ3v) is 4.64. The summed E-state index contributed by atoms with van der Waals surface area (Å²) in [4.78, 5) is 0. The number of hydrogen-bond acceptors (Lipinski definition) is 4. The molecule has 1 fully saturated rings. The van der Waals surface area contributed by atoms with Gasteiger partial charge in [0.2, 0.25) is 0 Å². The van der Waals surface area contributed by atoms with Crippen LogP contribution in [0.2, 0.25) is 0 Å². The lowest BCUT2D eigenvalue weighted by Crippen LogP contribution is -2.41. The van der Waals surface area contributed by atoms with Gasteiger partial charge in [-0.25, -0.2) is 0 Å². The minimum Gasteiger partial charge on any atom is -0.399 e. The van der Waals surface area contributed by atoms with Gasteiger partial charge in [0.05, 0.1) is 16.9 Å². The topological polar surface area (TPSA) is 45.5 Å². The molecule has 1 aliphatic heterocycles. The van der Waals surface area contributed by atoms with Crippen molar-refractivity contribution in [3.63, 3.8) is 0 Å². The highest BCUT2D eigenvalue weighted by atomic mass is 16.7. The molecule has 0 unspecified atom stereocenters. The molecule has 0 aromatic carbocycles. The second kappa shape index (κ2) is 5.74. The minimum absolute atomic E-state index is 0.325. The molecular weight excluding hydrogens is 267 g/mol. The zero-order valence-corrected chi connectivity index (χ0v) is 14.3. The lowest BCUT2D eigenvalue weighted by Gasteiger charge is -2.32. The summed E-state index contributed by atoms with van der Waals surface area (Å²) in [6.45, 7) is 14.0. The summed E-state index contributed by atoms with van der Waals surface area (Å²) in [6, 6.07) is 0. The SMILES string of the molecule is COCCCn1nc(C)c(B2OC(C)(C)C(C)(C)O2)c1C. The van der Waals surface area contributed by atoms with Crippen molar-refractivity contribution in [3.8, 4) is 0 Å². The molecule has 0 amide bonds. The minimum atomic E-state index is -0.342. The van der Waals surface area contributed by atoms with E-state index in [1.54, 1.807) is 7.11 Å².